The lowest BCUT2D eigenvalue weighted by Crippen LogP contribution is -2.32. The van der Waals surface area contributed by atoms with Crippen molar-refractivity contribution in [2.24, 2.45) is 5.92 Å². The van der Waals surface area contributed by atoms with Crippen LogP contribution in [0.4, 0.5) is 11.4 Å². The smallest absolute Gasteiger partial charge is 0.251 e. The largest absolute Gasteiger partial charge is 0.372 e. The second kappa shape index (κ2) is 9.08. The molecule has 1 aliphatic rings. The van der Waals surface area contributed by atoms with Crippen LogP contribution in [0.25, 0.3) is 0 Å². The highest BCUT2D eigenvalue weighted by atomic mass is 32.2. The molecule has 7 heteroatoms. The number of hydrogen-bond donors (Lipinski definition) is 2. The first-order valence-corrected chi connectivity index (χ1v) is 12.3. The fourth-order valence-electron chi connectivity index (χ4n) is 3.68. The number of sulfonamides is 1. The van der Waals surface area contributed by atoms with Gasteiger partial charge in [-0.05, 0) is 68.0 Å². The summed E-state index contributed by atoms with van der Waals surface area (Å²) in [6.07, 6.45) is 3.54. The monoisotopic (exact) mass is 429 g/mol. The molecule has 1 atom stereocenters. The Balaban J connectivity index is 1.66. The van der Waals surface area contributed by atoms with Crippen molar-refractivity contribution in [3.8, 4) is 0 Å². The van der Waals surface area contributed by atoms with Gasteiger partial charge in [0, 0.05) is 24.3 Å². The Labute approximate surface area is 179 Å². The number of piperidine rings is 1. The van der Waals surface area contributed by atoms with Crippen molar-refractivity contribution >= 4 is 27.3 Å². The summed E-state index contributed by atoms with van der Waals surface area (Å²) >= 11 is 0. The van der Waals surface area contributed by atoms with Crippen molar-refractivity contribution in [2.45, 2.75) is 39.7 Å². The molecule has 0 spiro atoms. The normalized spacial score (nSPS) is 16.2. The quantitative estimate of drug-likeness (QED) is 0.725. The number of nitrogens with one attached hydrogen (secondary N) is 2. The third-order valence-corrected chi connectivity index (χ3v) is 6.28. The van der Waals surface area contributed by atoms with Crippen LogP contribution in [-0.2, 0) is 10.0 Å². The van der Waals surface area contributed by atoms with Gasteiger partial charge in [-0.2, -0.15) is 0 Å². The van der Waals surface area contributed by atoms with E-state index in [-0.39, 0.29) is 11.9 Å². The molecule has 2 aromatic rings. The van der Waals surface area contributed by atoms with E-state index in [9.17, 15) is 13.2 Å². The van der Waals surface area contributed by atoms with Crippen LogP contribution < -0.4 is 14.9 Å². The standard InChI is InChI=1S/C23H31N3O3S/c1-16-11-13-26(14-12-16)21-9-7-19(8-10-21)18(3)24-23(27)20-6-5-17(2)22(15-20)25-30(4,28)29/h5-10,15-16,18,25H,11-14H2,1-4H3,(H,24,27)/t18-/m1/s1. The van der Waals surface area contributed by atoms with Gasteiger partial charge in [-0.3, -0.25) is 9.52 Å². The van der Waals surface area contributed by atoms with Crippen molar-refractivity contribution in [3.63, 3.8) is 0 Å². The zero-order valence-corrected chi connectivity index (χ0v) is 18.9. The van der Waals surface area contributed by atoms with E-state index in [2.05, 4.69) is 46.1 Å². The average molecular weight is 430 g/mol. The van der Waals surface area contributed by atoms with Crippen molar-refractivity contribution in [1.82, 2.24) is 5.32 Å². The molecule has 1 amide bonds. The van der Waals surface area contributed by atoms with Crippen LogP contribution in [0.2, 0.25) is 0 Å². The molecule has 0 bridgehead atoms. The van der Waals surface area contributed by atoms with Gasteiger partial charge in [-0.25, -0.2) is 8.42 Å². The Hall–Kier alpha value is -2.54. The van der Waals surface area contributed by atoms with E-state index in [4.69, 9.17) is 0 Å². The molecule has 1 saturated heterocycles. The highest BCUT2D eigenvalue weighted by molar-refractivity contribution is 7.92. The summed E-state index contributed by atoms with van der Waals surface area (Å²) in [5.74, 6) is 0.554. The number of nitrogens with zero attached hydrogens (tertiary/aromatic N) is 1. The van der Waals surface area contributed by atoms with Crippen LogP contribution in [-0.4, -0.2) is 33.7 Å². The van der Waals surface area contributed by atoms with Crippen LogP contribution in [0, 0.1) is 12.8 Å². The van der Waals surface area contributed by atoms with E-state index >= 15 is 0 Å². The topological polar surface area (TPSA) is 78.5 Å². The van der Waals surface area contributed by atoms with Crippen LogP contribution >= 0.6 is 0 Å². The first-order chi connectivity index (χ1) is 14.1. The number of benzene rings is 2. The highest BCUT2D eigenvalue weighted by Gasteiger charge is 2.17. The molecule has 0 radical (unpaired) electrons. The minimum Gasteiger partial charge on any atom is -0.372 e. The van der Waals surface area contributed by atoms with Gasteiger partial charge in [0.05, 0.1) is 18.0 Å². The average Bonchev–Trinajstić information content (AvgIpc) is 2.69. The number of anilines is 2. The van der Waals surface area contributed by atoms with Crippen molar-refractivity contribution in [1.29, 1.82) is 0 Å². The third kappa shape index (κ3) is 5.75. The summed E-state index contributed by atoms with van der Waals surface area (Å²) in [6, 6.07) is 13.2. The molecule has 2 aromatic carbocycles. The number of carbonyl (C=O) groups is 1. The minimum atomic E-state index is -3.41. The lowest BCUT2D eigenvalue weighted by molar-refractivity contribution is 0.0940. The lowest BCUT2D eigenvalue weighted by atomic mass is 9.98. The van der Waals surface area contributed by atoms with Gasteiger partial charge in [-0.15, -0.1) is 0 Å². The zero-order chi connectivity index (χ0) is 21.9. The predicted octanol–water partition coefficient (Wildman–Crippen LogP) is 4.09. The molecule has 2 N–H and O–H groups in total. The van der Waals surface area contributed by atoms with Crippen molar-refractivity contribution in [2.75, 3.05) is 29.0 Å². The van der Waals surface area contributed by atoms with Gasteiger partial charge in [0.15, 0.2) is 0 Å². The van der Waals surface area contributed by atoms with Crippen LogP contribution in [0.1, 0.15) is 54.2 Å². The van der Waals surface area contributed by atoms with Gasteiger partial charge in [0.2, 0.25) is 10.0 Å². The summed E-state index contributed by atoms with van der Waals surface area (Å²) in [4.78, 5) is 15.1. The van der Waals surface area contributed by atoms with E-state index in [1.54, 1.807) is 25.1 Å². The Morgan fingerprint density at radius 1 is 1.10 bits per heavy atom. The van der Waals surface area contributed by atoms with Gasteiger partial charge < -0.3 is 10.2 Å². The molecule has 1 aliphatic heterocycles. The molecule has 6 nitrogen and oxygen atoms in total. The summed E-state index contributed by atoms with van der Waals surface area (Å²) < 4.78 is 25.5. The van der Waals surface area contributed by atoms with E-state index in [1.165, 1.54) is 18.5 Å². The second-order valence-electron chi connectivity index (χ2n) is 8.36. The third-order valence-electron chi connectivity index (χ3n) is 5.68. The van der Waals surface area contributed by atoms with Gasteiger partial charge >= 0.3 is 0 Å². The van der Waals surface area contributed by atoms with Crippen LogP contribution in [0.3, 0.4) is 0 Å². The van der Waals surface area contributed by atoms with Gasteiger partial charge in [-0.1, -0.05) is 25.1 Å². The Kier molecular flexibility index (Phi) is 6.71. The number of rotatable bonds is 6. The Morgan fingerprint density at radius 3 is 2.33 bits per heavy atom. The fourth-order valence-corrected chi connectivity index (χ4v) is 4.30. The minimum absolute atomic E-state index is 0.166. The lowest BCUT2D eigenvalue weighted by Gasteiger charge is -2.32. The number of amides is 1. The summed E-state index contributed by atoms with van der Waals surface area (Å²) in [5, 5.41) is 3.00. The first kappa shape index (κ1) is 22.2. The maximum absolute atomic E-state index is 12.7. The molecule has 0 aliphatic carbocycles. The van der Waals surface area contributed by atoms with Crippen molar-refractivity contribution in [3.05, 3.63) is 59.2 Å². The molecule has 0 saturated carbocycles. The maximum Gasteiger partial charge on any atom is 0.251 e. The van der Waals surface area contributed by atoms with Gasteiger partial charge in [0.1, 0.15) is 0 Å². The molecule has 1 fully saturated rings. The molecule has 1 heterocycles. The summed E-state index contributed by atoms with van der Waals surface area (Å²) in [6.45, 7) is 8.22. The van der Waals surface area contributed by atoms with Gasteiger partial charge in [0.25, 0.3) is 5.91 Å². The van der Waals surface area contributed by atoms with Crippen LogP contribution in [0.5, 0.6) is 0 Å². The maximum atomic E-state index is 12.7. The number of hydrogen-bond acceptors (Lipinski definition) is 4. The molecular formula is C23H31N3O3S. The molecular weight excluding hydrogens is 398 g/mol. The van der Waals surface area contributed by atoms with E-state index < -0.39 is 10.0 Å². The summed E-state index contributed by atoms with van der Waals surface area (Å²) in [7, 11) is -3.41. The second-order valence-corrected chi connectivity index (χ2v) is 10.1. The summed E-state index contributed by atoms with van der Waals surface area (Å²) in [5.41, 5.74) is 3.83. The van der Waals surface area contributed by atoms with E-state index in [0.717, 1.165) is 36.4 Å². The zero-order valence-electron chi connectivity index (χ0n) is 18.1. The predicted molar refractivity (Wildman–Crippen MR) is 123 cm³/mol. The molecule has 0 aromatic heterocycles. The number of carbonyl (C=O) groups excluding carboxylic acids is 1. The number of aryl methyl sites for hydroxylation is 1. The first-order valence-electron chi connectivity index (χ1n) is 10.4. The highest BCUT2D eigenvalue weighted by Crippen LogP contribution is 2.25. The Morgan fingerprint density at radius 2 is 1.73 bits per heavy atom. The Bertz CT molecular complexity index is 995. The SMILES string of the molecule is Cc1ccc(C(=O)N[C@H](C)c2ccc(N3CCC(C)CC3)cc2)cc1NS(C)(=O)=O. The van der Waals surface area contributed by atoms with Crippen molar-refractivity contribution < 1.29 is 13.2 Å². The molecule has 162 valence electrons. The van der Waals surface area contributed by atoms with Crippen LogP contribution in [0.15, 0.2) is 42.5 Å². The fraction of sp³-hybridized carbons (Fsp3) is 0.435. The molecule has 0 unspecified atom stereocenters. The molecule has 3 rings (SSSR count). The van der Waals surface area contributed by atoms with E-state index in [1.807, 2.05) is 6.92 Å². The molecule has 30 heavy (non-hydrogen) atoms. The van der Waals surface area contributed by atoms with E-state index in [0.29, 0.717) is 11.3 Å².